The van der Waals surface area contributed by atoms with Gasteiger partial charge in [0, 0.05) is 12.6 Å². The van der Waals surface area contributed by atoms with E-state index in [4.69, 9.17) is 4.52 Å². The van der Waals surface area contributed by atoms with E-state index < -0.39 is 21.0 Å². The second kappa shape index (κ2) is 7.61. The van der Waals surface area contributed by atoms with Crippen LogP contribution in [0.25, 0.3) is 0 Å². The molecule has 1 aromatic heterocycles. The lowest BCUT2D eigenvalue weighted by molar-refractivity contribution is -0.120. The molecule has 0 bridgehead atoms. The SMILES string of the molecule is Cc1cc(CS(=O)(=O)[C@H](C)C(=O)NC[C@@H](C)c2ccccc2)on1. The first kappa shape index (κ1) is 18.2. The van der Waals surface area contributed by atoms with Crippen molar-refractivity contribution in [2.75, 3.05) is 6.54 Å². The first-order valence-electron chi connectivity index (χ1n) is 7.76. The Hall–Kier alpha value is -2.15. The molecule has 2 aromatic rings. The van der Waals surface area contributed by atoms with Crippen molar-refractivity contribution >= 4 is 15.7 Å². The second-order valence-corrected chi connectivity index (χ2v) is 8.26. The van der Waals surface area contributed by atoms with Crippen LogP contribution in [0.15, 0.2) is 40.9 Å². The maximum absolute atomic E-state index is 12.3. The van der Waals surface area contributed by atoms with Gasteiger partial charge in [-0.1, -0.05) is 42.4 Å². The fraction of sp³-hybridized carbons (Fsp3) is 0.412. The van der Waals surface area contributed by atoms with Gasteiger partial charge in [-0.15, -0.1) is 0 Å². The number of aromatic nitrogens is 1. The zero-order valence-corrected chi connectivity index (χ0v) is 14.8. The summed E-state index contributed by atoms with van der Waals surface area (Å²) in [4.78, 5) is 12.2. The minimum atomic E-state index is -3.66. The number of aryl methyl sites for hydroxylation is 1. The van der Waals surface area contributed by atoms with Crippen molar-refractivity contribution in [3.8, 4) is 0 Å². The summed E-state index contributed by atoms with van der Waals surface area (Å²) in [6.45, 7) is 5.46. The molecule has 0 aliphatic rings. The van der Waals surface area contributed by atoms with E-state index in [0.29, 0.717) is 12.2 Å². The van der Waals surface area contributed by atoms with Crippen molar-refractivity contribution in [1.29, 1.82) is 0 Å². The van der Waals surface area contributed by atoms with Gasteiger partial charge in [-0.2, -0.15) is 0 Å². The predicted octanol–water partition coefficient (Wildman–Crippen LogP) is 2.21. The third-order valence-corrected chi connectivity index (χ3v) is 5.86. The molecule has 0 radical (unpaired) electrons. The van der Waals surface area contributed by atoms with Crippen LogP contribution in [0.1, 0.15) is 36.8 Å². The van der Waals surface area contributed by atoms with E-state index >= 15 is 0 Å². The number of nitrogens with zero attached hydrogens (tertiary/aromatic N) is 1. The number of amides is 1. The Morgan fingerprint density at radius 2 is 1.92 bits per heavy atom. The zero-order valence-electron chi connectivity index (χ0n) is 14.0. The van der Waals surface area contributed by atoms with Crippen molar-refractivity contribution in [2.45, 2.75) is 37.7 Å². The molecule has 1 amide bonds. The molecule has 1 N–H and O–H groups in total. The fourth-order valence-corrected chi connectivity index (χ4v) is 3.46. The highest BCUT2D eigenvalue weighted by atomic mass is 32.2. The summed E-state index contributed by atoms with van der Waals surface area (Å²) in [5.41, 5.74) is 1.69. The monoisotopic (exact) mass is 350 g/mol. The van der Waals surface area contributed by atoms with Crippen LogP contribution >= 0.6 is 0 Å². The highest BCUT2D eigenvalue weighted by Crippen LogP contribution is 2.15. The molecule has 0 saturated heterocycles. The molecular formula is C17H22N2O4S. The van der Waals surface area contributed by atoms with E-state index in [-0.39, 0.29) is 17.4 Å². The van der Waals surface area contributed by atoms with E-state index in [2.05, 4.69) is 10.5 Å². The molecule has 0 fully saturated rings. The lowest BCUT2D eigenvalue weighted by atomic mass is 10.0. The Morgan fingerprint density at radius 1 is 1.25 bits per heavy atom. The summed E-state index contributed by atoms with van der Waals surface area (Å²) >= 11 is 0. The van der Waals surface area contributed by atoms with Crippen molar-refractivity contribution in [3.63, 3.8) is 0 Å². The molecule has 2 rings (SSSR count). The molecule has 0 aliphatic heterocycles. The van der Waals surface area contributed by atoms with Gasteiger partial charge in [0.05, 0.1) is 5.69 Å². The number of sulfone groups is 1. The van der Waals surface area contributed by atoms with Gasteiger partial charge in [0.2, 0.25) is 5.91 Å². The third kappa shape index (κ3) is 4.67. The number of carbonyl (C=O) groups excluding carboxylic acids is 1. The average molecular weight is 350 g/mol. The molecule has 0 spiro atoms. The van der Waals surface area contributed by atoms with Crippen LogP contribution in [0, 0.1) is 6.92 Å². The van der Waals surface area contributed by atoms with Crippen LogP contribution in [0.5, 0.6) is 0 Å². The molecular weight excluding hydrogens is 328 g/mol. The summed E-state index contributed by atoms with van der Waals surface area (Å²) in [5, 5.41) is 5.22. The van der Waals surface area contributed by atoms with Gasteiger partial charge in [0.25, 0.3) is 0 Å². The van der Waals surface area contributed by atoms with Crippen LogP contribution in [0.3, 0.4) is 0 Å². The van der Waals surface area contributed by atoms with Gasteiger partial charge in [-0.3, -0.25) is 4.79 Å². The molecule has 0 saturated carbocycles. The van der Waals surface area contributed by atoms with E-state index in [1.54, 1.807) is 13.0 Å². The summed E-state index contributed by atoms with van der Waals surface area (Å²) in [6, 6.07) is 11.3. The molecule has 6 nitrogen and oxygen atoms in total. The Labute approximate surface area is 142 Å². The van der Waals surface area contributed by atoms with Crippen LogP contribution in [-0.2, 0) is 20.4 Å². The van der Waals surface area contributed by atoms with Gasteiger partial charge in [0.1, 0.15) is 11.0 Å². The molecule has 0 unspecified atom stereocenters. The third-order valence-electron chi connectivity index (χ3n) is 3.88. The lowest BCUT2D eigenvalue weighted by Gasteiger charge is -2.16. The smallest absolute Gasteiger partial charge is 0.238 e. The Bertz CT molecular complexity index is 784. The largest absolute Gasteiger partial charge is 0.360 e. The molecule has 1 aromatic carbocycles. The summed E-state index contributed by atoms with van der Waals surface area (Å²) in [6.07, 6.45) is 0. The zero-order chi connectivity index (χ0) is 17.7. The number of benzene rings is 1. The van der Waals surface area contributed by atoms with Crippen LogP contribution in [0.2, 0.25) is 0 Å². The maximum atomic E-state index is 12.3. The Morgan fingerprint density at radius 3 is 2.50 bits per heavy atom. The van der Waals surface area contributed by atoms with E-state index in [1.807, 2.05) is 37.3 Å². The molecule has 130 valence electrons. The summed E-state index contributed by atoms with van der Waals surface area (Å²) < 4.78 is 29.6. The second-order valence-electron chi connectivity index (χ2n) is 5.94. The maximum Gasteiger partial charge on any atom is 0.238 e. The van der Waals surface area contributed by atoms with Crippen LogP contribution in [-0.4, -0.2) is 31.3 Å². The average Bonchev–Trinajstić information content (AvgIpc) is 2.96. The first-order chi connectivity index (χ1) is 11.3. The van der Waals surface area contributed by atoms with Crippen LogP contribution < -0.4 is 5.32 Å². The number of carbonyl (C=O) groups is 1. The Balaban J connectivity index is 1.93. The first-order valence-corrected chi connectivity index (χ1v) is 9.47. The molecule has 1 heterocycles. The number of hydrogen-bond acceptors (Lipinski definition) is 5. The van der Waals surface area contributed by atoms with Crippen molar-refractivity contribution < 1.29 is 17.7 Å². The number of rotatable bonds is 7. The minimum Gasteiger partial charge on any atom is -0.360 e. The standard InChI is InChI=1S/C17H22N2O4S/c1-12(15-7-5-4-6-8-15)10-18-17(20)14(3)24(21,22)11-16-9-13(2)19-23-16/h4-9,12,14H,10-11H2,1-3H3,(H,18,20)/t12-,14-/m1/s1. The van der Waals surface area contributed by atoms with Crippen molar-refractivity contribution in [2.24, 2.45) is 0 Å². The summed E-state index contributed by atoms with van der Waals surface area (Å²) in [5.74, 6) is -0.503. The van der Waals surface area contributed by atoms with Gasteiger partial charge >= 0.3 is 0 Å². The van der Waals surface area contributed by atoms with Gasteiger partial charge < -0.3 is 9.84 Å². The van der Waals surface area contributed by atoms with E-state index in [9.17, 15) is 13.2 Å². The van der Waals surface area contributed by atoms with Crippen molar-refractivity contribution in [3.05, 3.63) is 53.4 Å². The molecule has 2 atom stereocenters. The van der Waals surface area contributed by atoms with E-state index in [1.165, 1.54) is 6.92 Å². The normalized spacial score (nSPS) is 14.1. The molecule has 0 aliphatic carbocycles. The number of nitrogens with one attached hydrogen (secondary N) is 1. The van der Waals surface area contributed by atoms with Gasteiger partial charge in [-0.05, 0) is 25.3 Å². The highest BCUT2D eigenvalue weighted by Gasteiger charge is 2.29. The molecule has 7 heteroatoms. The van der Waals surface area contributed by atoms with Crippen molar-refractivity contribution in [1.82, 2.24) is 10.5 Å². The number of hydrogen-bond donors (Lipinski definition) is 1. The topological polar surface area (TPSA) is 89.3 Å². The molecule has 24 heavy (non-hydrogen) atoms. The predicted molar refractivity (Wildman–Crippen MR) is 91.2 cm³/mol. The lowest BCUT2D eigenvalue weighted by Crippen LogP contribution is -2.39. The Kier molecular flexibility index (Phi) is 5.77. The highest BCUT2D eigenvalue weighted by molar-refractivity contribution is 7.92. The fourth-order valence-electron chi connectivity index (χ4n) is 2.27. The minimum absolute atomic E-state index is 0.0991. The van der Waals surface area contributed by atoms with Gasteiger partial charge in [-0.25, -0.2) is 8.42 Å². The van der Waals surface area contributed by atoms with Gasteiger partial charge in [0.15, 0.2) is 15.6 Å². The summed E-state index contributed by atoms with van der Waals surface area (Å²) in [7, 11) is -3.66. The van der Waals surface area contributed by atoms with E-state index in [0.717, 1.165) is 5.56 Å². The van der Waals surface area contributed by atoms with Crippen LogP contribution in [0.4, 0.5) is 0 Å². The quantitative estimate of drug-likeness (QED) is 0.827.